The third-order valence-corrected chi connectivity index (χ3v) is 4.97. The van der Waals surface area contributed by atoms with E-state index in [-0.39, 0.29) is 13.2 Å². The highest BCUT2D eigenvalue weighted by Crippen LogP contribution is 2.08. The molecule has 3 rings (SSSR count). The predicted octanol–water partition coefficient (Wildman–Crippen LogP) is -2.60. The number of piperazine rings is 1. The van der Waals surface area contributed by atoms with Crippen molar-refractivity contribution in [2.24, 2.45) is 14.1 Å². The number of nitrogens with zero attached hydrogens (tertiary/aromatic N) is 6. The summed E-state index contributed by atoms with van der Waals surface area (Å²) in [5.41, 5.74) is -0.191. The SMILES string of the molecule is Cn1c(=O)c2c(ncn2CC(O)CN2CCN(CCO)CC2)n(C)c1=O. The predicted molar refractivity (Wildman–Crippen MR) is 96.2 cm³/mol. The first-order chi connectivity index (χ1) is 12.4. The number of β-amino-alcohol motifs (C(OH)–C–C–N with tert-alkyl or cyclic N) is 2. The van der Waals surface area contributed by atoms with Crippen LogP contribution in [0.25, 0.3) is 11.2 Å². The van der Waals surface area contributed by atoms with Crippen LogP contribution in [-0.2, 0) is 20.6 Å². The van der Waals surface area contributed by atoms with Gasteiger partial charge < -0.3 is 14.8 Å². The van der Waals surface area contributed by atoms with E-state index in [2.05, 4.69) is 14.8 Å². The molecule has 10 nitrogen and oxygen atoms in total. The quantitative estimate of drug-likeness (QED) is 0.577. The molecule has 1 saturated heterocycles. The highest BCUT2D eigenvalue weighted by atomic mass is 16.3. The second kappa shape index (κ2) is 7.70. The van der Waals surface area contributed by atoms with Crippen LogP contribution >= 0.6 is 0 Å². The summed E-state index contributed by atoms with van der Waals surface area (Å²) in [6.07, 6.45) is 0.840. The number of hydrogen-bond acceptors (Lipinski definition) is 7. The molecule has 1 atom stereocenters. The van der Waals surface area contributed by atoms with E-state index in [1.54, 1.807) is 11.6 Å². The fraction of sp³-hybridized carbons (Fsp3) is 0.688. The average Bonchev–Trinajstić information content (AvgIpc) is 3.03. The maximum atomic E-state index is 12.4. The van der Waals surface area contributed by atoms with E-state index in [1.807, 2.05) is 0 Å². The molecule has 0 spiro atoms. The summed E-state index contributed by atoms with van der Waals surface area (Å²) < 4.78 is 4.00. The van der Waals surface area contributed by atoms with Crippen molar-refractivity contribution in [1.82, 2.24) is 28.5 Å². The van der Waals surface area contributed by atoms with Gasteiger partial charge in [-0.15, -0.1) is 0 Å². The first-order valence-corrected chi connectivity index (χ1v) is 8.77. The smallest absolute Gasteiger partial charge is 0.332 e. The summed E-state index contributed by atoms with van der Waals surface area (Å²) in [6, 6.07) is 0. The molecule has 1 aliphatic heterocycles. The van der Waals surface area contributed by atoms with E-state index in [9.17, 15) is 14.7 Å². The van der Waals surface area contributed by atoms with Crippen molar-refractivity contribution in [3.8, 4) is 0 Å². The maximum Gasteiger partial charge on any atom is 0.332 e. The van der Waals surface area contributed by atoms with Crippen LogP contribution in [0.1, 0.15) is 0 Å². The van der Waals surface area contributed by atoms with Crippen molar-refractivity contribution in [2.75, 3.05) is 45.9 Å². The van der Waals surface area contributed by atoms with Gasteiger partial charge in [-0.3, -0.25) is 23.7 Å². The highest BCUT2D eigenvalue weighted by molar-refractivity contribution is 5.69. The first kappa shape index (κ1) is 18.8. The van der Waals surface area contributed by atoms with Crippen LogP contribution in [-0.4, -0.2) is 90.7 Å². The Balaban J connectivity index is 1.70. The zero-order valence-electron chi connectivity index (χ0n) is 15.2. The fourth-order valence-electron chi connectivity index (χ4n) is 3.46. The van der Waals surface area contributed by atoms with Crippen LogP contribution < -0.4 is 11.2 Å². The molecule has 1 fully saturated rings. The Kier molecular flexibility index (Phi) is 5.56. The molecule has 0 radical (unpaired) electrons. The van der Waals surface area contributed by atoms with Gasteiger partial charge >= 0.3 is 5.69 Å². The summed E-state index contributed by atoms with van der Waals surface area (Å²) in [6.45, 7) is 4.97. The number of fused-ring (bicyclic) bond motifs is 1. The standard InChI is InChI=1S/C16H26N6O4/c1-18-14-13(15(25)19(2)16(18)26)22(11-17-14)10-12(24)9-21-5-3-20(4-6-21)7-8-23/h11-12,23-24H,3-10H2,1-2H3. The number of aryl methyl sites for hydroxylation is 1. The van der Waals surface area contributed by atoms with Crippen molar-refractivity contribution in [1.29, 1.82) is 0 Å². The summed E-state index contributed by atoms with van der Waals surface area (Å²) >= 11 is 0. The van der Waals surface area contributed by atoms with Gasteiger partial charge in [-0.2, -0.15) is 0 Å². The minimum absolute atomic E-state index is 0.161. The van der Waals surface area contributed by atoms with Gasteiger partial charge in [0, 0.05) is 53.4 Å². The van der Waals surface area contributed by atoms with E-state index in [0.717, 1.165) is 30.7 Å². The number of hydrogen-bond donors (Lipinski definition) is 2. The summed E-state index contributed by atoms with van der Waals surface area (Å²) in [5.74, 6) is 0. The molecular formula is C16H26N6O4. The topological polar surface area (TPSA) is 109 Å². The zero-order chi connectivity index (χ0) is 18.8. The van der Waals surface area contributed by atoms with E-state index in [4.69, 9.17) is 5.11 Å². The average molecular weight is 366 g/mol. The minimum Gasteiger partial charge on any atom is -0.395 e. The maximum absolute atomic E-state index is 12.4. The minimum atomic E-state index is -0.654. The van der Waals surface area contributed by atoms with Crippen molar-refractivity contribution in [3.05, 3.63) is 27.2 Å². The molecule has 0 amide bonds. The number of aromatic nitrogens is 4. The summed E-state index contributed by atoms with van der Waals surface area (Å²) in [4.78, 5) is 32.9. The molecule has 0 aromatic carbocycles. The van der Waals surface area contributed by atoms with Gasteiger partial charge in [0.2, 0.25) is 0 Å². The Morgan fingerprint density at radius 2 is 1.73 bits per heavy atom. The van der Waals surface area contributed by atoms with Gasteiger partial charge in [-0.1, -0.05) is 0 Å². The molecule has 0 saturated carbocycles. The van der Waals surface area contributed by atoms with Crippen LogP contribution in [0, 0.1) is 0 Å². The molecule has 144 valence electrons. The van der Waals surface area contributed by atoms with Crippen molar-refractivity contribution >= 4 is 11.2 Å². The second-order valence-corrected chi connectivity index (χ2v) is 6.79. The summed E-state index contributed by atoms with van der Waals surface area (Å²) in [5, 5.41) is 19.5. The number of rotatable bonds is 6. The zero-order valence-corrected chi connectivity index (χ0v) is 15.2. The van der Waals surface area contributed by atoms with Crippen LogP contribution in [0.15, 0.2) is 15.9 Å². The Bertz CT molecular complexity index is 877. The largest absolute Gasteiger partial charge is 0.395 e. The lowest BCUT2D eigenvalue weighted by Crippen LogP contribution is -2.49. The second-order valence-electron chi connectivity index (χ2n) is 6.79. The third kappa shape index (κ3) is 3.58. The van der Waals surface area contributed by atoms with E-state index in [1.165, 1.54) is 17.9 Å². The Hall–Kier alpha value is -2.01. The summed E-state index contributed by atoms with van der Waals surface area (Å²) in [7, 11) is 3.01. The molecule has 1 unspecified atom stereocenters. The van der Waals surface area contributed by atoms with Crippen LogP contribution in [0.3, 0.4) is 0 Å². The Labute approximate surface area is 150 Å². The lowest BCUT2D eigenvalue weighted by atomic mass is 10.2. The van der Waals surface area contributed by atoms with Gasteiger partial charge in [0.05, 0.1) is 25.6 Å². The van der Waals surface area contributed by atoms with Crippen LogP contribution in [0.4, 0.5) is 0 Å². The number of imidazole rings is 1. The van der Waals surface area contributed by atoms with E-state index in [0.29, 0.717) is 24.3 Å². The molecule has 2 aromatic heterocycles. The molecular weight excluding hydrogens is 340 g/mol. The lowest BCUT2D eigenvalue weighted by Gasteiger charge is -2.35. The number of aliphatic hydroxyl groups is 2. The van der Waals surface area contributed by atoms with Gasteiger partial charge in [0.15, 0.2) is 11.2 Å². The van der Waals surface area contributed by atoms with Gasteiger partial charge in [-0.05, 0) is 0 Å². The van der Waals surface area contributed by atoms with Gasteiger partial charge in [-0.25, -0.2) is 9.78 Å². The molecule has 2 N–H and O–H groups in total. The molecule has 10 heteroatoms. The number of aliphatic hydroxyl groups excluding tert-OH is 2. The third-order valence-electron chi connectivity index (χ3n) is 4.97. The van der Waals surface area contributed by atoms with Crippen molar-refractivity contribution < 1.29 is 10.2 Å². The van der Waals surface area contributed by atoms with Crippen molar-refractivity contribution in [3.63, 3.8) is 0 Å². The molecule has 2 aromatic rings. The first-order valence-electron chi connectivity index (χ1n) is 8.77. The van der Waals surface area contributed by atoms with E-state index < -0.39 is 17.4 Å². The van der Waals surface area contributed by atoms with Gasteiger partial charge in [0.25, 0.3) is 5.56 Å². The normalized spacial score (nSPS) is 17.8. The lowest BCUT2D eigenvalue weighted by molar-refractivity contribution is 0.0595. The molecule has 3 heterocycles. The molecule has 0 bridgehead atoms. The molecule has 26 heavy (non-hydrogen) atoms. The Morgan fingerprint density at radius 1 is 1.08 bits per heavy atom. The van der Waals surface area contributed by atoms with Crippen LogP contribution in [0.2, 0.25) is 0 Å². The fourth-order valence-corrected chi connectivity index (χ4v) is 3.46. The molecule has 0 aliphatic carbocycles. The Morgan fingerprint density at radius 3 is 2.38 bits per heavy atom. The molecule has 1 aliphatic rings. The van der Waals surface area contributed by atoms with E-state index >= 15 is 0 Å². The monoisotopic (exact) mass is 366 g/mol. The highest BCUT2D eigenvalue weighted by Gasteiger charge is 2.21. The van der Waals surface area contributed by atoms with Crippen molar-refractivity contribution in [2.45, 2.75) is 12.6 Å². The van der Waals surface area contributed by atoms with Crippen LogP contribution in [0.5, 0.6) is 0 Å². The van der Waals surface area contributed by atoms with Gasteiger partial charge in [0.1, 0.15) is 0 Å².